The summed E-state index contributed by atoms with van der Waals surface area (Å²) in [6.07, 6.45) is 0. The number of hydrogen-bond acceptors (Lipinski definition) is 4. The van der Waals surface area contributed by atoms with Gasteiger partial charge in [-0.1, -0.05) is 103 Å². The Hall–Kier alpha value is -7.37. The summed E-state index contributed by atoms with van der Waals surface area (Å²) in [6, 6.07) is 65.8. The van der Waals surface area contributed by atoms with Crippen LogP contribution in [-0.4, -0.2) is 9.55 Å². The molecule has 0 bridgehead atoms. The minimum Gasteiger partial charge on any atom is -0.456 e. The molecule has 0 fully saturated rings. The molecule has 0 atom stereocenters. The van der Waals surface area contributed by atoms with Crippen molar-refractivity contribution in [3.63, 3.8) is 0 Å². The Morgan fingerprint density at radius 3 is 1.91 bits per heavy atom. The third kappa shape index (κ3) is 4.83. The lowest BCUT2D eigenvalue weighted by Gasteiger charge is -2.27. The number of aromatic nitrogens is 2. The van der Waals surface area contributed by atoms with Crippen LogP contribution in [0.2, 0.25) is 0 Å². The molecule has 5 nitrogen and oxygen atoms in total. The Bertz CT molecular complexity index is 3140. The molecule has 5 heteroatoms. The summed E-state index contributed by atoms with van der Waals surface area (Å²) < 4.78 is 15.0. The number of para-hydroxylation sites is 4. The number of oxazole rings is 1. The molecule has 0 aliphatic carbocycles. The smallest absolute Gasteiger partial charge is 0.227 e. The van der Waals surface area contributed by atoms with Crippen LogP contribution in [0.15, 0.2) is 197 Å². The van der Waals surface area contributed by atoms with Crippen molar-refractivity contribution < 1.29 is 8.83 Å². The molecule has 3 aromatic heterocycles. The molecule has 11 aromatic rings. The van der Waals surface area contributed by atoms with Gasteiger partial charge in [-0.3, -0.25) is 0 Å². The number of benzene rings is 8. The van der Waals surface area contributed by atoms with Crippen LogP contribution in [0.3, 0.4) is 0 Å². The largest absolute Gasteiger partial charge is 0.456 e. The highest BCUT2D eigenvalue weighted by Gasteiger charge is 2.21. The lowest BCUT2D eigenvalue weighted by molar-refractivity contribution is 0.617. The fraction of sp³-hybridized carbons (Fsp3) is 0. The van der Waals surface area contributed by atoms with E-state index >= 15 is 0 Å². The average molecular weight is 694 g/mol. The molecule has 8 aromatic carbocycles. The Morgan fingerprint density at radius 1 is 0.426 bits per heavy atom. The average Bonchev–Trinajstić information content (AvgIpc) is 3.93. The van der Waals surface area contributed by atoms with Crippen LogP contribution in [0.25, 0.3) is 83.1 Å². The van der Waals surface area contributed by atoms with Crippen molar-refractivity contribution in [3.8, 4) is 28.3 Å². The minimum absolute atomic E-state index is 0.606. The maximum absolute atomic E-state index is 6.43. The van der Waals surface area contributed by atoms with Crippen molar-refractivity contribution in [3.05, 3.63) is 188 Å². The predicted octanol–water partition coefficient (Wildman–Crippen LogP) is 13.6. The summed E-state index contributed by atoms with van der Waals surface area (Å²) in [7, 11) is 0. The molecule has 0 aliphatic rings. The molecule has 0 saturated carbocycles. The molecule has 0 saturated heterocycles. The number of anilines is 3. The molecule has 11 rings (SSSR count). The van der Waals surface area contributed by atoms with Crippen molar-refractivity contribution in [2.75, 3.05) is 4.90 Å². The van der Waals surface area contributed by atoms with Gasteiger partial charge in [-0.25, -0.2) is 4.98 Å². The number of nitrogens with zero attached hydrogens (tertiary/aromatic N) is 3. The van der Waals surface area contributed by atoms with Crippen LogP contribution in [-0.2, 0) is 0 Å². The van der Waals surface area contributed by atoms with Gasteiger partial charge in [0.15, 0.2) is 5.58 Å². The highest BCUT2D eigenvalue weighted by atomic mass is 16.4. The normalized spacial score (nSPS) is 11.7. The van der Waals surface area contributed by atoms with Gasteiger partial charge in [-0.15, -0.1) is 0 Å². The van der Waals surface area contributed by atoms with Crippen molar-refractivity contribution in [2.24, 2.45) is 0 Å². The number of rotatable bonds is 6. The Balaban J connectivity index is 1.01. The summed E-state index contributed by atoms with van der Waals surface area (Å²) in [5.74, 6) is 0.606. The maximum Gasteiger partial charge on any atom is 0.227 e. The van der Waals surface area contributed by atoms with E-state index in [0.29, 0.717) is 11.5 Å². The summed E-state index contributed by atoms with van der Waals surface area (Å²) in [5, 5.41) is 4.51. The number of furan rings is 1. The van der Waals surface area contributed by atoms with E-state index in [-0.39, 0.29) is 0 Å². The van der Waals surface area contributed by atoms with E-state index in [1.165, 1.54) is 16.3 Å². The van der Waals surface area contributed by atoms with Gasteiger partial charge in [-0.2, -0.15) is 0 Å². The van der Waals surface area contributed by atoms with E-state index in [1.807, 2.05) is 36.4 Å². The van der Waals surface area contributed by atoms with Gasteiger partial charge in [0.1, 0.15) is 16.7 Å². The van der Waals surface area contributed by atoms with E-state index in [9.17, 15) is 0 Å². The first-order valence-electron chi connectivity index (χ1n) is 18.1. The van der Waals surface area contributed by atoms with Crippen LogP contribution >= 0.6 is 0 Å². The molecule has 254 valence electrons. The Labute approximate surface area is 310 Å². The monoisotopic (exact) mass is 693 g/mol. The van der Waals surface area contributed by atoms with Crippen molar-refractivity contribution in [2.45, 2.75) is 0 Å². The molecule has 0 N–H and O–H groups in total. The standard InChI is InChI=1S/C49H31N3O2/c1-4-13-33(14-5-1)49-50-42-30-41-39-28-25-34(29-45(39)53-46(41)31-47(42)54-49)32-23-26-37(27-24-32)51(35-15-6-2-7-16-35)44-22-12-20-40-38-19-10-11-21-43(38)52(48(40)44)36-17-8-3-9-18-36/h1-31H. The number of fused-ring (bicyclic) bond motifs is 7. The first kappa shape index (κ1) is 30.3. The fourth-order valence-electron chi connectivity index (χ4n) is 7.92. The molecule has 0 amide bonds. The summed E-state index contributed by atoms with van der Waals surface area (Å²) in [5.41, 5.74) is 13.0. The predicted molar refractivity (Wildman–Crippen MR) is 221 cm³/mol. The van der Waals surface area contributed by atoms with E-state index in [2.05, 4.69) is 161 Å². The van der Waals surface area contributed by atoms with Crippen molar-refractivity contribution in [1.82, 2.24) is 9.55 Å². The lowest BCUT2D eigenvalue weighted by atomic mass is 10.0. The number of hydrogen-bond donors (Lipinski definition) is 0. The van der Waals surface area contributed by atoms with Gasteiger partial charge < -0.3 is 18.3 Å². The topological polar surface area (TPSA) is 47.3 Å². The van der Waals surface area contributed by atoms with Gasteiger partial charge in [-0.05, 0) is 90.0 Å². The molecule has 0 radical (unpaired) electrons. The van der Waals surface area contributed by atoms with Crippen LogP contribution in [0.5, 0.6) is 0 Å². The summed E-state index contributed by atoms with van der Waals surface area (Å²) in [6.45, 7) is 0. The maximum atomic E-state index is 6.43. The Kier molecular flexibility index (Phi) is 6.79. The molecule has 0 unspecified atom stereocenters. The van der Waals surface area contributed by atoms with Gasteiger partial charge in [0.05, 0.1) is 16.7 Å². The summed E-state index contributed by atoms with van der Waals surface area (Å²) >= 11 is 0. The lowest BCUT2D eigenvalue weighted by Crippen LogP contribution is -2.11. The minimum atomic E-state index is 0.606. The molecule has 3 heterocycles. The van der Waals surface area contributed by atoms with E-state index in [1.54, 1.807) is 0 Å². The van der Waals surface area contributed by atoms with Gasteiger partial charge in [0.2, 0.25) is 5.89 Å². The molecule has 54 heavy (non-hydrogen) atoms. The molecular weight excluding hydrogens is 663 g/mol. The molecule has 0 aliphatic heterocycles. The Morgan fingerprint density at radius 2 is 1.09 bits per heavy atom. The molecular formula is C49H31N3O2. The van der Waals surface area contributed by atoms with Crippen molar-refractivity contribution in [1.29, 1.82) is 0 Å². The second-order valence-electron chi connectivity index (χ2n) is 13.6. The van der Waals surface area contributed by atoms with Crippen LogP contribution in [0.4, 0.5) is 17.1 Å². The van der Waals surface area contributed by atoms with Crippen LogP contribution in [0, 0.1) is 0 Å². The third-order valence-corrected chi connectivity index (χ3v) is 10.4. The first-order chi connectivity index (χ1) is 26.8. The quantitative estimate of drug-likeness (QED) is 0.174. The van der Waals surface area contributed by atoms with Crippen molar-refractivity contribution >= 4 is 71.9 Å². The van der Waals surface area contributed by atoms with Crippen LogP contribution in [0.1, 0.15) is 0 Å². The first-order valence-corrected chi connectivity index (χ1v) is 18.1. The highest BCUT2D eigenvalue weighted by Crippen LogP contribution is 2.44. The van der Waals surface area contributed by atoms with E-state index in [0.717, 1.165) is 72.4 Å². The second-order valence-corrected chi connectivity index (χ2v) is 13.6. The van der Waals surface area contributed by atoms with Gasteiger partial charge >= 0.3 is 0 Å². The second kappa shape index (κ2) is 12.1. The SMILES string of the molecule is c1ccc(-c2nc3cc4c(cc3o2)oc2cc(-c3ccc(N(c5ccccc5)c5cccc6c7ccccc7n(-c7ccccc7)c56)cc3)ccc24)cc1. The van der Waals surface area contributed by atoms with Gasteiger partial charge in [0, 0.05) is 50.2 Å². The highest BCUT2D eigenvalue weighted by molar-refractivity contribution is 6.14. The van der Waals surface area contributed by atoms with Crippen LogP contribution < -0.4 is 4.90 Å². The van der Waals surface area contributed by atoms with Gasteiger partial charge in [0.25, 0.3) is 0 Å². The fourth-order valence-corrected chi connectivity index (χ4v) is 7.92. The zero-order chi connectivity index (χ0) is 35.6. The van der Waals surface area contributed by atoms with E-state index < -0.39 is 0 Å². The van der Waals surface area contributed by atoms with E-state index in [4.69, 9.17) is 13.8 Å². The zero-order valence-corrected chi connectivity index (χ0v) is 29.1. The zero-order valence-electron chi connectivity index (χ0n) is 29.1. The molecule has 0 spiro atoms. The summed E-state index contributed by atoms with van der Waals surface area (Å²) in [4.78, 5) is 7.15. The third-order valence-electron chi connectivity index (χ3n) is 10.4.